The molecule has 156 valence electrons. The first-order valence-corrected chi connectivity index (χ1v) is 11.1. The number of benzene rings is 2. The Bertz CT molecular complexity index is 929. The fourth-order valence-corrected chi connectivity index (χ4v) is 4.63. The van der Waals surface area contributed by atoms with E-state index in [4.69, 9.17) is 0 Å². The second kappa shape index (κ2) is 9.47. The fraction of sp³-hybridized carbons (Fsp3) is 0.381. The first-order valence-electron chi connectivity index (χ1n) is 9.66. The van der Waals surface area contributed by atoms with Crippen molar-refractivity contribution in [3.63, 3.8) is 0 Å². The lowest BCUT2D eigenvalue weighted by atomic mass is 9.97. The number of hydrogen-bond donors (Lipinski definition) is 1. The Hall–Kier alpha value is -2.29. The minimum atomic E-state index is -3.90. The summed E-state index contributed by atoms with van der Waals surface area (Å²) >= 11 is 0. The molecule has 29 heavy (non-hydrogen) atoms. The fourth-order valence-electron chi connectivity index (χ4n) is 3.48. The summed E-state index contributed by atoms with van der Waals surface area (Å²) in [6, 6.07) is 16.2. The van der Waals surface area contributed by atoms with Crippen molar-refractivity contribution in [3.05, 3.63) is 71.5 Å². The van der Waals surface area contributed by atoms with E-state index in [2.05, 4.69) is 9.62 Å². The average Bonchev–Trinajstić information content (AvgIpc) is 2.69. The van der Waals surface area contributed by atoms with E-state index in [1.807, 2.05) is 30.3 Å². The molecule has 2 aromatic carbocycles. The molecular formula is C21H26FN3O3S. The lowest BCUT2D eigenvalue weighted by Gasteiger charge is -2.33. The number of carbonyl (C=O) groups excluding carboxylic acids is 1. The van der Waals surface area contributed by atoms with Crippen LogP contribution in [-0.2, 0) is 21.5 Å². The Balaban J connectivity index is 1.51. The minimum Gasteiger partial charge on any atom is -0.296 e. The number of nitrogens with zero attached hydrogens (tertiary/aromatic N) is 2. The minimum absolute atomic E-state index is 0.103. The molecule has 1 aliphatic heterocycles. The largest absolute Gasteiger partial charge is 0.303 e. The number of halogens is 1. The van der Waals surface area contributed by atoms with Crippen molar-refractivity contribution in [1.29, 1.82) is 0 Å². The smallest absolute Gasteiger partial charge is 0.296 e. The Morgan fingerprint density at radius 2 is 1.66 bits per heavy atom. The molecule has 0 radical (unpaired) electrons. The van der Waals surface area contributed by atoms with E-state index >= 15 is 0 Å². The molecule has 1 saturated heterocycles. The van der Waals surface area contributed by atoms with Crippen LogP contribution < -0.4 is 4.72 Å². The third-order valence-electron chi connectivity index (χ3n) is 5.09. The monoisotopic (exact) mass is 419 g/mol. The van der Waals surface area contributed by atoms with Gasteiger partial charge in [-0.1, -0.05) is 55.5 Å². The van der Waals surface area contributed by atoms with E-state index in [-0.39, 0.29) is 6.42 Å². The third kappa shape index (κ3) is 5.85. The summed E-state index contributed by atoms with van der Waals surface area (Å²) in [4.78, 5) is 14.4. The molecule has 0 saturated carbocycles. The van der Waals surface area contributed by atoms with Crippen molar-refractivity contribution in [2.75, 3.05) is 26.2 Å². The Labute approximate surface area is 171 Å². The maximum absolute atomic E-state index is 13.8. The molecule has 0 aliphatic carbocycles. The Morgan fingerprint density at radius 3 is 2.31 bits per heavy atom. The van der Waals surface area contributed by atoms with E-state index < -0.39 is 27.9 Å². The average molecular weight is 420 g/mol. The van der Waals surface area contributed by atoms with Crippen LogP contribution in [0, 0.1) is 5.82 Å². The maximum atomic E-state index is 13.8. The summed E-state index contributed by atoms with van der Waals surface area (Å²) in [5.41, 5.74) is 1.58. The highest BCUT2D eigenvalue weighted by Gasteiger charge is 2.29. The third-order valence-corrected chi connectivity index (χ3v) is 6.62. The van der Waals surface area contributed by atoms with Crippen molar-refractivity contribution in [2.24, 2.45) is 0 Å². The summed E-state index contributed by atoms with van der Waals surface area (Å²) in [6.07, 6.45) is -0.103. The lowest BCUT2D eigenvalue weighted by Crippen LogP contribution is -2.52. The topological polar surface area (TPSA) is 69.7 Å². The van der Waals surface area contributed by atoms with Gasteiger partial charge in [0.25, 0.3) is 0 Å². The van der Waals surface area contributed by atoms with Crippen molar-refractivity contribution >= 4 is 16.1 Å². The van der Waals surface area contributed by atoms with E-state index in [1.165, 1.54) is 15.9 Å². The molecule has 1 unspecified atom stereocenters. The van der Waals surface area contributed by atoms with E-state index in [0.29, 0.717) is 31.7 Å². The number of carbonyl (C=O) groups is 1. The molecule has 8 heteroatoms. The molecule has 1 heterocycles. The lowest BCUT2D eigenvalue weighted by molar-refractivity contribution is -0.119. The van der Waals surface area contributed by atoms with Crippen LogP contribution in [0.4, 0.5) is 4.39 Å². The first-order chi connectivity index (χ1) is 13.8. The number of rotatable bonds is 7. The van der Waals surface area contributed by atoms with Gasteiger partial charge in [0.15, 0.2) is 0 Å². The van der Waals surface area contributed by atoms with Gasteiger partial charge in [-0.2, -0.15) is 12.7 Å². The summed E-state index contributed by atoms with van der Waals surface area (Å²) in [5.74, 6) is -1.45. The highest BCUT2D eigenvalue weighted by Crippen LogP contribution is 2.22. The Kier molecular flexibility index (Phi) is 7.00. The van der Waals surface area contributed by atoms with E-state index in [1.54, 1.807) is 25.1 Å². The van der Waals surface area contributed by atoms with Gasteiger partial charge in [-0.3, -0.25) is 9.69 Å². The second-order valence-corrected chi connectivity index (χ2v) is 8.99. The van der Waals surface area contributed by atoms with Crippen molar-refractivity contribution < 1.29 is 17.6 Å². The first kappa shape index (κ1) is 21.4. The van der Waals surface area contributed by atoms with Crippen LogP contribution in [0.5, 0.6) is 0 Å². The van der Waals surface area contributed by atoms with Gasteiger partial charge in [0.05, 0.1) is 0 Å². The SMILES string of the molecule is CC(CC(=O)NS(=O)(=O)N1CCN(Cc2ccccc2)CC1)c1ccccc1F. The van der Waals surface area contributed by atoms with Gasteiger partial charge >= 0.3 is 10.2 Å². The quantitative estimate of drug-likeness (QED) is 0.749. The predicted octanol–water partition coefficient (Wildman–Crippen LogP) is 2.50. The summed E-state index contributed by atoms with van der Waals surface area (Å²) in [6.45, 7) is 4.29. The number of hydrogen-bond acceptors (Lipinski definition) is 4. The van der Waals surface area contributed by atoms with Crippen LogP contribution in [0.15, 0.2) is 54.6 Å². The van der Waals surface area contributed by atoms with Crippen LogP contribution in [0.2, 0.25) is 0 Å². The molecule has 1 fully saturated rings. The van der Waals surface area contributed by atoms with E-state index in [9.17, 15) is 17.6 Å². The molecule has 3 rings (SSSR count). The number of piperazine rings is 1. The zero-order chi connectivity index (χ0) is 20.9. The van der Waals surface area contributed by atoms with Gasteiger partial charge in [-0.05, 0) is 23.1 Å². The molecule has 0 spiro atoms. The molecular weight excluding hydrogens is 393 g/mol. The highest BCUT2D eigenvalue weighted by atomic mass is 32.2. The van der Waals surface area contributed by atoms with Crippen LogP contribution >= 0.6 is 0 Å². The summed E-state index contributed by atoms with van der Waals surface area (Å²) < 4.78 is 42.4. The van der Waals surface area contributed by atoms with Crippen LogP contribution in [0.3, 0.4) is 0 Å². The zero-order valence-electron chi connectivity index (χ0n) is 16.4. The normalized spacial score (nSPS) is 17.0. The second-order valence-electron chi connectivity index (χ2n) is 7.32. The molecule has 2 aromatic rings. The van der Waals surface area contributed by atoms with Gasteiger partial charge in [0, 0.05) is 39.1 Å². The van der Waals surface area contributed by atoms with E-state index in [0.717, 1.165) is 6.54 Å². The van der Waals surface area contributed by atoms with Crippen molar-refractivity contribution in [1.82, 2.24) is 13.9 Å². The highest BCUT2D eigenvalue weighted by molar-refractivity contribution is 7.87. The maximum Gasteiger partial charge on any atom is 0.303 e. The summed E-state index contributed by atoms with van der Waals surface area (Å²) in [7, 11) is -3.90. The molecule has 0 aromatic heterocycles. The molecule has 1 N–H and O–H groups in total. The number of amides is 1. The van der Waals surface area contributed by atoms with Gasteiger partial charge in [-0.25, -0.2) is 9.11 Å². The molecule has 6 nitrogen and oxygen atoms in total. The van der Waals surface area contributed by atoms with Crippen molar-refractivity contribution in [3.8, 4) is 0 Å². The Morgan fingerprint density at radius 1 is 1.03 bits per heavy atom. The van der Waals surface area contributed by atoms with Gasteiger partial charge in [0.1, 0.15) is 5.82 Å². The van der Waals surface area contributed by atoms with Gasteiger partial charge in [-0.15, -0.1) is 0 Å². The molecule has 0 bridgehead atoms. The molecule has 1 aliphatic rings. The molecule has 1 amide bonds. The predicted molar refractivity (Wildman–Crippen MR) is 110 cm³/mol. The van der Waals surface area contributed by atoms with Crippen LogP contribution in [-0.4, -0.2) is 49.7 Å². The standard InChI is InChI=1S/C21H26FN3O3S/c1-17(19-9-5-6-10-20(19)22)15-21(26)23-29(27,28)25-13-11-24(12-14-25)16-18-7-3-2-4-8-18/h2-10,17H,11-16H2,1H3,(H,23,26). The summed E-state index contributed by atoms with van der Waals surface area (Å²) in [5, 5.41) is 0. The van der Waals surface area contributed by atoms with Gasteiger partial charge in [0.2, 0.25) is 5.91 Å². The zero-order valence-corrected chi connectivity index (χ0v) is 17.2. The van der Waals surface area contributed by atoms with Crippen LogP contribution in [0.1, 0.15) is 30.4 Å². The van der Waals surface area contributed by atoms with Gasteiger partial charge < -0.3 is 0 Å². The number of nitrogens with one attached hydrogen (secondary N) is 1. The van der Waals surface area contributed by atoms with Crippen LogP contribution in [0.25, 0.3) is 0 Å². The molecule has 1 atom stereocenters. The van der Waals surface area contributed by atoms with Crippen molar-refractivity contribution in [2.45, 2.75) is 25.8 Å².